The summed E-state index contributed by atoms with van der Waals surface area (Å²) in [6, 6.07) is 2.34. The minimum Gasteiger partial charge on any atom is -0.348 e. The van der Waals surface area contributed by atoms with Crippen LogP contribution in [0.4, 0.5) is 0 Å². The lowest BCUT2D eigenvalue weighted by Gasteiger charge is -2.25. The minimum absolute atomic E-state index is 0.196. The predicted octanol–water partition coefficient (Wildman–Crippen LogP) is 3.32. The van der Waals surface area contributed by atoms with Crippen LogP contribution in [0.3, 0.4) is 0 Å². The molecule has 0 spiro atoms. The van der Waals surface area contributed by atoms with Gasteiger partial charge in [-0.2, -0.15) is 5.10 Å². The highest BCUT2D eigenvalue weighted by Crippen LogP contribution is 2.33. The minimum atomic E-state index is 0.196. The maximum Gasteiger partial charge on any atom is 0.255 e. The second kappa shape index (κ2) is 6.36. The summed E-state index contributed by atoms with van der Waals surface area (Å²) in [5.74, 6) is 1.01. The van der Waals surface area contributed by atoms with Crippen molar-refractivity contribution < 1.29 is 4.79 Å². The maximum atomic E-state index is 13.2. The Morgan fingerprint density at radius 1 is 1.20 bits per heavy atom. The quantitative estimate of drug-likeness (QED) is 0.838. The summed E-state index contributed by atoms with van der Waals surface area (Å²) in [6.45, 7) is 9.00. The van der Waals surface area contributed by atoms with Crippen LogP contribution >= 0.6 is 0 Å². The number of rotatable bonds is 5. The fraction of sp³-hybridized carbons (Fsp3) is 0.600. The Labute approximate surface area is 149 Å². The van der Waals surface area contributed by atoms with E-state index in [0.29, 0.717) is 0 Å². The molecule has 1 amide bonds. The number of hydrogen-bond donors (Lipinski definition) is 0. The van der Waals surface area contributed by atoms with Crippen molar-refractivity contribution in [2.24, 2.45) is 5.92 Å². The van der Waals surface area contributed by atoms with Crippen LogP contribution in [-0.2, 0) is 13.1 Å². The Balaban J connectivity index is 1.53. The van der Waals surface area contributed by atoms with E-state index in [1.807, 2.05) is 10.9 Å². The molecular weight excluding hydrogens is 312 g/mol. The van der Waals surface area contributed by atoms with Gasteiger partial charge in [0.1, 0.15) is 0 Å². The van der Waals surface area contributed by atoms with Crippen molar-refractivity contribution in [1.29, 1.82) is 0 Å². The molecule has 5 nitrogen and oxygen atoms in total. The molecule has 134 valence electrons. The Morgan fingerprint density at radius 3 is 2.68 bits per heavy atom. The molecule has 25 heavy (non-hydrogen) atoms. The zero-order valence-corrected chi connectivity index (χ0v) is 15.5. The summed E-state index contributed by atoms with van der Waals surface area (Å²) in [5.41, 5.74) is 4.40. The normalized spacial score (nSPS) is 20.4. The van der Waals surface area contributed by atoms with Crippen LogP contribution in [0.5, 0.6) is 0 Å². The van der Waals surface area contributed by atoms with Gasteiger partial charge in [0, 0.05) is 30.7 Å². The van der Waals surface area contributed by atoms with Gasteiger partial charge in [-0.3, -0.25) is 9.48 Å². The van der Waals surface area contributed by atoms with Gasteiger partial charge in [0.15, 0.2) is 0 Å². The first kappa shape index (κ1) is 16.4. The maximum absolute atomic E-state index is 13.2. The summed E-state index contributed by atoms with van der Waals surface area (Å²) in [7, 11) is 0. The molecule has 0 N–H and O–H groups in total. The van der Waals surface area contributed by atoms with Gasteiger partial charge in [-0.15, -0.1) is 0 Å². The number of aromatic nitrogens is 3. The molecule has 4 rings (SSSR count). The smallest absolute Gasteiger partial charge is 0.255 e. The summed E-state index contributed by atoms with van der Waals surface area (Å²) in [5, 5.41) is 4.40. The monoisotopic (exact) mass is 340 g/mol. The van der Waals surface area contributed by atoms with E-state index < -0.39 is 0 Å². The molecular formula is C20H28N4O. The molecule has 0 aromatic carbocycles. The van der Waals surface area contributed by atoms with Gasteiger partial charge < -0.3 is 9.47 Å². The Morgan fingerprint density at radius 2 is 2.00 bits per heavy atom. The van der Waals surface area contributed by atoms with Gasteiger partial charge in [0.25, 0.3) is 5.91 Å². The Bertz CT molecular complexity index is 784. The van der Waals surface area contributed by atoms with Crippen molar-refractivity contribution in [2.45, 2.75) is 65.6 Å². The van der Waals surface area contributed by atoms with Crippen LogP contribution in [0.25, 0.3) is 0 Å². The highest BCUT2D eigenvalue weighted by atomic mass is 16.2. The molecule has 3 heterocycles. The molecule has 0 unspecified atom stereocenters. The second-order valence-corrected chi connectivity index (χ2v) is 7.87. The first-order chi connectivity index (χ1) is 12.0. The highest BCUT2D eigenvalue weighted by Gasteiger charge is 2.32. The third-order valence-corrected chi connectivity index (χ3v) is 5.74. The number of aryl methyl sites for hydroxylation is 2. The van der Waals surface area contributed by atoms with E-state index in [2.05, 4.69) is 47.6 Å². The average molecular weight is 340 g/mol. The zero-order valence-electron chi connectivity index (χ0n) is 15.5. The molecule has 0 bridgehead atoms. The second-order valence-electron chi connectivity index (χ2n) is 7.87. The van der Waals surface area contributed by atoms with Crippen LogP contribution in [0, 0.1) is 26.7 Å². The van der Waals surface area contributed by atoms with Crippen LogP contribution in [0.15, 0.2) is 18.5 Å². The largest absolute Gasteiger partial charge is 0.348 e. The molecule has 0 radical (unpaired) electrons. The SMILES string of the molecule is Cc1cnn(C[C@H]2CCCN2C(=O)c2cc(C)n(CC3CC3)c2C)c1. The number of carbonyl (C=O) groups is 1. The third kappa shape index (κ3) is 3.24. The average Bonchev–Trinajstić information content (AvgIpc) is 3.01. The molecule has 2 fully saturated rings. The van der Waals surface area contributed by atoms with E-state index in [0.717, 1.165) is 49.7 Å². The summed E-state index contributed by atoms with van der Waals surface area (Å²) in [4.78, 5) is 15.3. The lowest BCUT2D eigenvalue weighted by Crippen LogP contribution is -2.38. The fourth-order valence-corrected chi connectivity index (χ4v) is 4.09. The van der Waals surface area contributed by atoms with Crippen molar-refractivity contribution in [1.82, 2.24) is 19.2 Å². The first-order valence-corrected chi connectivity index (χ1v) is 9.49. The van der Waals surface area contributed by atoms with Gasteiger partial charge in [0.2, 0.25) is 0 Å². The van der Waals surface area contributed by atoms with Crippen molar-refractivity contribution in [3.63, 3.8) is 0 Å². The van der Waals surface area contributed by atoms with E-state index in [9.17, 15) is 4.79 Å². The molecule has 2 aromatic rings. The fourth-order valence-electron chi connectivity index (χ4n) is 4.09. The number of likely N-dealkylation sites (tertiary alicyclic amines) is 1. The topological polar surface area (TPSA) is 43.1 Å². The van der Waals surface area contributed by atoms with Gasteiger partial charge in [-0.05, 0) is 64.0 Å². The van der Waals surface area contributed by atoms with E-state index >= 15 is 0 Å². The lowest BCUT2D eigenvalue weighted by molar-refractivity contribution is 0.0720. The lowest BCUT2D eigenvalue weighted by atomic mass is 10.1. The van der Waals surface area contributed by atoms with Gasteiger partial charge in [0.05, 0.1) is 24.3 Å². The van der Waals surface area contributed by atoms with E-state index in [-0.39, 0.29) is 11.9 Å². The van der Waals surface area contributed by atoms with Gasteiger partial charge >= 0.3 is 0 Å². The van der Waals surface area contributed by atoms with E-state index in [4.69, 9.17) is 0 Å². The number of nitrogens with zero attached hydrogens (tertiary/aromatic N) is 4. The standard InChI is InChI=1S/C20H28N4O/c1-14-10-21-22(11-14)13-18-5-4-8-23(18)20(25)19-9-15(2)24(16(19)3)12-17-6-7-17/h9-11,17-18H,4-8,12-13H2,1-3H3/t18-/m1/s1. The first-order valence-electron chi connectivity index (χ1n) is 9.49. The van der Waals surface area contributed by atoms with Gasteiger partial charge in [-0.1, -0.05) is 0 Å². The van der Waals surface area contributed by atoms with E-state index in [1.165, 1.54) is 24.1 Å². The molecule has 1 saturated heterocycles. The van der Waals surface area contributed by atoms with Crippen molar-refractivity contribution >= 4 is 5.91 Å². The van der Waals surface area contributed by atoms with Crippen LogP contribution < -0.4 is 0 Å². The zero-order chi connectivity index (χ0) is 17.6. The number of hydrogen-bond acceptors (Lipinski definition) is 2. The summed E-state index contributed by atoms with van der Waals surface area (Å²) < 4.78 is 4.31. The third-order valence-electron chi connectivity index (χ3n) is 5.74. The van der Waals surface area contributed by atoms with E-state index in [1.54, 1.807) is 0 Å². The molecule has 1 aliphatic carbocycles. The van der Waals surface area contributed by atoms with Crippen molar-refractivity contribution in [3.8, 4) is 0 Å². The van der Waals surface area contributed by atoms with Crippen molar-refractivity contribution in [3.05, 3.63) is 41.0 Å². The van der Waals surface area contributed by atoms with Gasteiger partial charge in [-0.25, -0.2) is 0 Å². The highest BCUT2D eigenvalue weighted by molar-refractivity contribution is 5.96. The predicted molar refractivity (Wildman–Crippen MR) is 97.7 cm³/mol. The molecule has 1 saturated carbocycles. The summed E-state index contributed by atoms with van der Waals surface area (Å²) >= 11 is 0. The molecule has 1 aliphatic heterocycles. The van der Waals surface area contributed by atoms with Crippen LogP contribution in [0.1, 0.15) is 53.0 Å². The Kier molecular flexibility index (Phi) is 4.18. The number of amides is 1. The molecule has 2 aliphatic rings. The summed E-state index contributed by atoms with van der Waals surface area (Å²) in [6.07, 6.45) is 8.74. The molecule has 1 atom stereocenters. The molecule has 2 aromatic heterocycles. The molecule has 5 heteroatoms. The van der Waals surface area contributed by atoms with Crippen LogP contribution in [0.2, 0.25) is 0 Å². The Hall–Kier alpha value is -2.04. The van der Waals surface area contributed by atoms with Crippen molar-refractivity contribution in [2.75, 3.05) is 6.54 Å². The number of carbonyl (C=O) groups excluding carboxylic acids is 1. The van der Waals surface area contributed by atoms with Crippen LogP contribution in [-0.4, -0.2) is 37.7 Å².